The Morgan fingerprint density at radius 2 is 2.00 bits per heavy atom. The van der Waals surface area contributed by atoms with Gasteiger partial charge in [-0.3, -0.25) is 4.18 Å². The molecular formula is C10H18N4O5S. The van der Waals surface area contributed by atoms with E-state index in [1.165, 1.54) is 4.90 Å². The maximum absolute atomic E-state index is 11.9. The van der Waals surface area contributed by atoms with Gasteiger partial charge in [-0.1, -0.05) is 5.11 Å². The van der Waals surface area contributed by atoms with Crippen molar-refractivity contribution in [2.24, 2.45) is 5.11 Å². The molecule has 114 valence electrons. The van der Waals surface area contributed by atoms with Crippen molar-refractivity contribution in [1.82, 2.24) is 4.90 Å². The summed E-state index contributed by atoms with van der Waals surface area (Å²) in [7, 11) is -3.71. The monoisotopic (exact) mass is 306 g/mol. The quantitative estimate of drug-likeness (QED) is 0.336. The largest absolute Gasteiger partial charge is 0.444 e. The van der Waals surface area contributed by atoms with Gasteiger partial charge in [-0.2, -0.15) is 8.42 Å². The number of azide groups is 1. The number of carbonyl (C=O) groups is 1. The molecule has 1 saturated heterocycles. The number of carbonyl (C=O) groups excluding carboxylic acids is 1. The smallest absolute Gasteiger partial charge is 0.410 e. The second kappa shape index (κ2) is 5.86. The zero-order valence-electron chi connectivity index (χ0n) is 11.8. The molecule has 1 heterocycles. The highest BCUT2D eigenvalue weighted by Gasteiger charge is 2.39. The highest BCUT2D eigenvalue weighted by molar-refractivity contribution is 7.86. The van der Waals surface area contributed by atoms with Crippen LogP contribution in [0.3, 0.4) is 0 Å². The first kappa shape index (κ1) is 16.5. The lowest BCUT2D eigenvalue weighted by atomic mass is 10.2. The predicted molar refractivity (Wildman–Crippen MR) is 70.5 cm³/mol. The number of likely N-dealkylation sites (tertiary alicyclic amines) is 1. The first-order valence-corrected chi connectivity index (χ1v) is 7.74. The molecule has 10 heteroatoms. The van der Waals surface area contributed by atoms with Crippen LogP contribution >= 0.6 is 0 Å². The summed E-state index contributed by atoms with van der Waals surface area (Å²) >= 11 is 0. The molecule has 1 amide bonds. The van der Waals surface area contributed by atoms with E-state index in [4.69, 9.17) is 14.5 Å². The molecule has 0 N–H and O–H groups in total. The summed E-state index contributed by atoms with van der Waals surface area (Å²) < 4.78 is 32.3. The summed E-state index contributed by atoms with van der Waals surface area (Å²) in [6, 6.07) is -0.762. The van der Waals surface area contributed by atoms with E-state index in [1.807, 2.05) is 0 Å². The second-order valence-corrected chi connectivity index (χ2v) is 7.10. The molecule has 0 radical (unpaired) electrons. The van der Waals surface area contributed by atoms with Crippen molar-refractivity contribution < 1.29 is 22.1 Å². The van der Waals surface area contributed by atoms with E-state index in [0.29, 0.717) is 0 Å². The molecule has 20 heavy (non-hydrogen) atoms. The van der Waals surface area contributed by atoms with Crippen LogP contribution in [-0.2, 0) is 19.0 Å². The van der Waals surface area contributed by atoms with E-state index in [2.05, 4.69) is 10.0 Å². The Labute approximate surface area is 117 Å². The van der Waals surface area contributed by atoms with Crippen molar-refractivity contribution in [3.63, 3.8) is 0 Å². The summed E-state index contributed by atoms with van der Waals surface area (Å²) in [5.41, 5.74) is 7.81. The fraction of sp³-hybridized carbons (Fsp3) is 0.900. The molecule has 1 rings (SSSR count). The molecular weight excluding hydrogens is 288 g/mol. The molecule has 0 aromatic carbocycles. The molecule has 1 aliphatic rings. The van der Waals surface area contributed by atoms with Gasteiger partial charge in [0.25, 0.3) is 10.1 Å². The average Bonchev–Trinajstić information content (AvgIpc) is 2.57. The Hall–Kier alpha value is -1.51. The Morgan fingerprint density at radius 1 is 1.40 bits per heavy atom. The Balaban J connectivity index is 2.80. The maximum atomic E-state index is 11.9. The van der Waals surface area contributed by atoms with Gasteiger partial charge in [0.2, 0.25) is 0 Å². The van der Waals surface area contributed by atoms with Crippen LogP contribution in [0.25, 0.3) is 10.4 Å². The van der Waals surface area contributed by atoms with Gasteiger partial charge in [0.15, 0.2) is 0 Å². The lowest BCUT2D eigenvalue weighted by molar-refractivity contribution is 0.0276. The van der Waals surface area contributed by atoms with E-state index in [9.17, 15) is 13.2 Å². The van der Waals surface area contributed by atoms with Crippen molar-refractivity contribution in [3.8, 4) is 0 Å². The van der Waals surface area contributed by atoms with Crippen molar-refractivity contribution >= 4 is 16.2 Å². The number of nitrogens with zero attached hydrogens (tertiary/aromatic N) is 4. The number of hydrogen-bond acceptors (Lipinski definition) is 6. The first-order valence-electron chi connectivity index (χ1n) is 5.92. The topological polar surface area (TPSA) is 122 Å². The van der Waals surface area contributed by atoms with Crippen LogP contribution in [0.4, 0.5) is 4.79 Å². The summed E-state index contributed by atoms with van der Waals surface area (Å²) in [5, 5.41) is 3.46. The third kappa shape index (κ3) is 5.24. The normalized spacial score (nSPS) is 23.3. The SMILES string of the molecule is CC(C)(C)OC(=O)N1C[C@H](N=[N+]=[N-])[C@@H](OS(C)(=O)=O)C1. The minimum absolute atomic E-state index is 0.00826. The fourth-order valence-electron chi connectivity index (χ4n) is 1.73. The highest BCUT2D eigenvalue weighted by atomic mass is 32.2. The van der Waals surface area contributed by atoms with E-state index in [1.54, 1.807) is 20.8 Å². The van der Waals surface area contributed by atoms with E-state index in [0.717, 1.165) is 6.26 Å². The first-order chi connectivity index (χ1) is 9.02. The summed E-state index contributed by atoms with van der Waals surface area (Å²) in [4.78, 5) is 15.8. The third-order valence-corrected chi connectivity index (χ3v) is 2.98. The number of rotatable bonds is 3. The summed E-state index contributed by atoms with van der Waals surface area (Å²) in [6.07, 6.45) is -0.598. The Bertz CT molecular complexity index is 520. The molecule has 0 unspecified atom stereocenters. The number of hydrogen-bond donors (Lipinski definition) is 0. The Morgan fingerprint density at radius 3 is 2.45 bits per heavy atom. The van der Waals surface area contributed by atoms with Crippen LogP contribution in [0.1, 0.15) is 20.8 Å². The molecule has 1 fully saturated rings. The van der Waals surface area contributed by atoms with Crippen molar-refractivity contribution in [2.45, 2.75) is 38.5 Å². The number of amides is 1. The minimum Gasteiger partial charge on any atom is -0.444 e. The van der Waals surface area contributed by atoms with Crippen LogP contribution in [0, 0.1) is 0 Å². The van der Waals surface area contributed by atoms with Gasteiger partial charge < -0.3 is 9.64 Å². The minimum atomic E-state index is -3.71. The molecule has 0 aromatic heterocycles. The van der Waals surface area contributed by atoms with Gasteiger partial charge in [0.05, 0.1) is 18.8 Å². The molecule has 2 atom stereocenters. The van der Waals surface area contributed by atoms with Gasteiger partial charge >= 0.3 is 6.09 Å². The van der Waals surface area contributed by atoms with Crippen molar-refractivity contribution in [1.29, 1.82) is 0 Å². The average molecular weight is 306 g/mol. The zero-order valence-corrected chi connectivity index (χ0v) is 12.6. The fourth-order valence-corrected chi connectivity index (χ4v) is 2.37. The van der Waals surface area contributed by atoms with Crippen LogP contribution in [0.5, 0.6) is 0 Å². The molecule has 0 bridgehead atoms. The van der Waals surface area contributed by atoms with Crippen LogP contribution in [0.15, 0.2) is 5.11 Å². The Kier molecular flexibility index (Phi) is 4.85. The molecule has 0 aliphatic carbocycles. The maximum Gasteiger partial charge on any atom is 0.410 e. The lowest BCUT2D eigenvalue weighted by Gasteiger charge is -2.24. The van der Waals surface area contributed by atoms with Gasteiger partial charge in [0.1, 0.15) is 11.7 Å². The predicted octanol–water partition coefficient (Wildman–Crippen LogP) is 1.26. The molecule has 9 nitrogen and oxygen atoms in total. The van der Waals surface area contributed by atoms with Crippen molar-refractivity contribution in [2.75, 3.05) is 19.3 Å². The van der Waals surface area contributed by atoms with E-state index >= 15 is 0 Å². The second-order valence-electron chi connectivity index (χ2n) is 5.50. The molecule has 0 saturated carbocycles. The highest BCUT2D eigenvalue weighted by Crippen LogP contribution is 2.21. The zero-order chi connectivity index (χ0) is 15.6. The third-order valence-electron chi connectivity index (χ3n) is 2.39. The van der Waals surface area contributed by atoms with Gasteiger partial charge in [-0.05, 0) is 26.3 Å². The lowest BCUT2D eigenvalue weighted by Crippen LogP contribution is -2.36. The van der Waals surface area contributed by atoms with Gasteiger partial charge in [-0.25, -0.2) is 4.79 Å². The summed E-state index contributed by atoms with van der Waals surface area (Å²) in [5.74, 6) is 0. The van der Waals surface area contributed by atoms with Gasteiger partial charge in [-0.15, -0.1) is 0 Å². The van der Waals surface area contributed by atoms with E-state index in [-0.39, 0.29) is 13.1 Å². The molecule has 1 aliphatic heterocycles. The van der Waals surface area contributed by atoms with Gasteiger partial charge in [0, 0.05) is 11.5 Å². The number of ether oxygens (including phenoxy) is 1. The molecule has 0 aromatic rings. The van der Waals surface area contributed by atoms with E-state index < -0.39 is 34.0 Å². The van der Waals surface area contributed by atoms with Crippen LogP contribution in [-0.4, -0.2) is 56.5 Å². The standard InChI is InChI=1S/C10H18N4O5S/c1-10(2,3)18-9(15)14-5-7(12-13-11)8(6-14)19-20(4,16)17/h7-8H,5-6H2,1-4H3/t7-,8-/m0/s1. The van der Waals surface area contributed by atoms with Crippen molar-refractivity contribution in [3.05, 3.63) is 10.4 Å². The molecule has 0 spiro atoms. The van der Waals surface area contributed by atoms with Crippen LogP contribution < -0.4 is 0 Å². The summed E-state index contributed by atoms with van der Waals surface area (Å²) in [6.45, 7) is 5.20. The van der Waals surface area contributed by atoms with Crippen LogP contribution in [0.2, 0.25) is 0 Å².